The summed E-state index contributed by atoms with van der Waals surface area (Å²) in [5, 5.41) is 10.7. The molecule has 2 atom stereocenters. The molecule has 33 heavy (non-hydrogen) atoms. The smallest absolute Gasteiger partial charge is 0.319 e. The molecule has 7 rings (SSSR count). The maximum absolute atomic E-state index is 13.9. The summed E-state index contributed by atoms with van der Waals surface area (Å²) in [6.45, 7) is 4.16. The van der Waals surface area contributed by atoms with E-state index >= 15 is 0 Å². The van der Waals surface area contributed by atoms with Crippen LogP contribution in [0.25, 0.3) is 0 Å². The van der Waals surface area contributed by atoms with Gasteiger partial charge in [-0.1, -0.05) is 74.5 Å². The summed E-state index contributed by atoms with van der Waals surface area (Å²) in [6.07, 6.45) is 0. The molecule has 3 aromatic rings. The summed E-state index contributed by atoms with van der Waals surface area (Å²) in [7, 11) is 0. The minimum atomic E-state index is -1.59. The van der Waals surface area contributed by atoms with Gasteiger partial charge in [0.1, 0.15) is 5.41 Å². The first-order valence-electron chi connectivity index (χ1n) is 11.3. The Labute approximate surface area is 191 Å². The molecule has 1 aliphatic heterocycles. The van der Waals surface area contributed by atoms with Crippen molar-refractivity contribution in [2.75, 3.05) is 4.90 Å². The number of nitrogens with zero attached hydrogens (tertiary/aromatic N) is 1. The molecule has 0 spiro atoms. The zero-order valence-electron chi connectivity index (χ0n) is 18.4. The normalized spacial score (nSPS) is 26.9. The molecule has 0 saturated carbocycles. The second-order valence-electron chi connectivity index (χ2n) is 9.53. The molecule has 1 heterocycles. The van der Waals surface area contributed by atoms with Gasteiger partial charge in [-0.25, -0.2) is 4.90 Å². The molecule has 3 aromatic carbocycles. The molecule has 1 N–H and O–H groups in total. The van der Waals surface area contributed by atoms with Gasteiger partial charge in [-0.3, -0.25) is 14.4 Å². The predicted molar refractivity (Wildman–Crippen MR) is 123 cm³/mol. The van der Waals surface area contributed by atoms with Crippen LogP contribution in [0.2, 0.25) is 0 Å². The number of carboxylic acids is 1. The maximum atomic E-state index is 13.9. The topological polar surface area (TPSA) is 74.7 Å². The second kappa shape index (κ2) is 6.64. The highest BCUT2D eigenvalue weighted by Gasteiger charge is 2.71. The Morgan fingerprint density at radius 3 is 1.91 bits per heavy atom. The van der Waals surface area contributed by atoms with Crippen molar-refractivity contribution in [3.05, 3.63) is 101 Å². The van der Waals surface area contributed by atoms with E-state index in [0.717, 1.165) is 16.7 Å². The molecule has 2 amide bonds. The van der Waals surface area contributed by atoms with Gasteiger partial charge in [0.25, 0.3) is 0 Å². The van der Waals surface area contributed by atoms with Crippen LogP contribution in [0.5, 0.6) is 0 Å². The maximum Gasteiger partial charge on any atom is 0.319 e. The quantitative estimate of drug-likeness (QED) is 0.615. The molecule has 164 valence electrons. The van der Waals surface area contributed by atoms with E-state index in [1.807, 2.05) is 48.5 Å². The summed E-state index contributed by atoms with van der Waals surface area (Å²) in [5.41, 5.74) is 2.93. The lowest BCUT2D eigenvalue weighted by Gasteiger charge is -2.51. The summed E-state index contributed by atoms with van der Waals surface area (Å²) in [5.74, 6) is -3.60. The first-order chi connectivity index (χ1) is 15.9. The molecule has 3 aliphatic carbocycles. The summed E-state index contributed by atoms with van der Waals surface area (Å²) in [6, 6.07) is 22.2. The third kappa shape index (κ3) is 2.29. The molecule has 1 fully saturated rings. The number of rotatable bonds is 3. The van der Waals surface area contributed by atoms with Gasteiger partial charge < -0.3 is 5.11 Å². The predicted octanol–water partition coefficient (Wildman–Crippen LogP) is 4.45. The Balaban J connectivity index is 1.60. The van der Waals surface area contributed by atoms with E-state index in [1.165, 1.54) is 4.90 Å². The van der Waals surface area contributed by atoms with E-state index in [4.69, 9.17) is 0 Å². The van der Waals surface area contributed by atoms with E-state index in [1.54, 1.807) is 24.3 Å². The molecule has 0 aromatic heterocycles. The van der Waals surface area contributed by atoms with Crippen LogP contribution in [-0.4, -0.2) is 22.9 Å². The minimum absolute atomic E-state index is 0.318. The molecular weight excluding hydrogens is 414 g/mol. The highest BCUT2D eigenvalue weighted by Crippen LogP contribution is 2.64. The van der Waals surface area contributed by atoms with Crippen LogP contribution in [0.1, 0.15) is 53.5 Å². The van der Waals surface area contributed by atoms with Crippen LogP contribution in [0, 0.1) is 11.8 Å². The third-order valence-corrected chi connectivity index (χ3v) is 7.77. The van der Waals surface area contributed by atoms with Crippen molar-refractivity contribution < 1.29 is 19.5 Å². The molecular formula is C28H23NO4. The fourth-order valence-corrected chi connectivity index (χ4v) is 6.40. The molecule has 5 nitrogen and oxygen atoms in total. The lowest BCUT2D eigenvalue weighted by molar-refractivity contribution is -0.149. The number of benzene rings is 3. The Morgan fingerprint density at radius 1 is 0.848 bits per heavy atom. The number of hydrogen-bond acceptors (Lipinski definition) is 3. The minimum Gasteiger partial charge on any atom is -0.480 e. The van der Waals surface area contributed by atoms with E-state index in [9.17, 15) is 19.5 Å². The average Bonchev–Trinajstić information content (AvgIpc) is 3.09. The number of carbonyl (C=O) groups excluding carboxylic acids is 2. The number of amides is 2. The van der Waals surface area contributed by atoms with Crippen molar-refractivity contribution in [3.63, 3.8) is 0 Å². The first-order valence-corrected chi connectivity index (χ1v) is 11.3. The SMILES string of the molecule is CC(C)c1ccc(N2C(=O)C3C4c5ccccc5C(C(=O)O)(c5ccccc54)C3C2=O)cc1. The van der Waals surface area contributed by atoms with Gasteiger partial charge in [0.05, 0.1) is 17.5 Å². The molecule has 2 bridgehead atoms. The number of anilines is 1. The highest BCUT2D eigenvalue weighted by atomic mass is 16.4. The number of hydrogen-bond donors (Lipinski definition) is 1. The van der Waals surface area contributed by atoms with E-state index in [0.29, 0.717) is 22.7 Å². The van der Waals surface area contributed by atoms with Crippen molar-refractivity contribution in [1.82, 2.24) is 0 Å². The summed E-state index contributed by atoms with van der Waals surface area (Å²) >= 11 is 0. The molecule has 2 unspecified atom stereocenters. The van der Waals surface area contributed by atoms with Crippen molar-refractivity contribution in [3.8, 4) is 0 Å². The lowest BCUT2D eigenvalue weighted by Crippen LogP contribution is -2.57. The van der Waals surface area contributed by atoms with Crippen LogP contribution >= 0.6 is 0 Å². The van der Waals surface area contributed by atoms with Crippen molar-refractivity contribution in [1.29, 1.82) is 0 Å². The molecule has 5 heteroatoms. The largest absolute Gasteiger partial charge is 0.480 e. The Kier molecular flexibility index (Phi) is 4.01. The summed E-state index contributed by atoms with van der Waals surface area (Å²) < 4.78 is 0. The zero-order valence-corrected chi connectivity index (χ0v) is 18.4. The van der Waals surface area contributed by atoms with Gasteiger partial charge in [-0.05, 0) is 45.9 Å². The van der Waals surface area contributed by atoms with E-state index in [-0.39, 0.29) is 11.8 Å². The molecule has 1 saturated heterocycles. The van der Waals surface area contributed by atoms with Crippen molar-refractivity contribution in [2.45, 2.75) is 31.1 Å². The fourth-order valence-electron chi connectivity index (χ4n) is 6.40. The van der Waals surface area contributed by atoms with Crippen LogP contribution in [-0.2, 0) is 19.8 Å². The Bertz CT molecular complexity index is 1290. The van der Waals surface area contributed by atoms with Gasteiger partial charge >= 0.3 is 5.97 Å². The van der Waals surface area contributed by atoms with E-state index < -0.39 is 29.1 Å². The van der Waals surface area contributed by atoms with Gasteiger partial charge in [0.2, 0.25) is 11.8 Å². The Hall–Kier alpha value is -3.73. The van der Waals surface area contributed by atoms with Crippen molar-refractivity contribution in [2.24, 2.45) is 11.8 Å². The van der Waals surface area contributed by atoms with E-state index in [2.05, 4.69) is 13.8 Å². The zero-order chi connectivity index (χ0) is 23.1. The van der Waals surface area contributed by atoms with Crippen molar-refractivity contribution >= 4 is 23.5 Å². The van der Waals surface area contributed by atoms with Gasteiger partial charge in [0.15, 0.2) is 0 Å². The highest BCUT2D eigenvalue weighted by molar-refractivity contribution is 6.25. The number of aliphatic carboxylic acids is 1. The second-order valence-corrected chi connectivity index (χ2v) is 9.53. The van der Waals surface area contributed by atoms with Crippen LogP contribution in [0.4, 0.5) is 5.69 Å². The van der Waals surface area contributed by atoms with Gasteiger partial charge in [0, 0.05) is 5.92 Å². The number of imide groups is 1. The standard InChI is InChI=1S/C28H23NO4/c1-15(2)16-11-13-17(14-12-16)29-25(30)23-22-18-7-3-5-9-20(18)28(27(32)33,24(23)26(29)31)21-10-6-4-8-19(21)22/h3-15,22-24H,1-2H3,(H,32,33). The molecule has 4 aliphatic rings. The van der Waals surface area contributed by atoms with Gasteiger partial charge in [-0.15, -0.1) is 0 Å². The Morgan fingerprint density at radius 2 is 1.39 bits per heavy atom. The number of carboxylic acid groups (broad SMARTS) is 1. The fraction of sp³-hybridized carbons (Fsp3) is 0.250. The van der Waals surface area contributed by atoms with Crippen LogP contribution < -0.4 is 4.90 Å². The monoisotopic (exact) mass is 437 g/mol. The first kappa shape index (κ1) is 19.9. The lowest BCUT2D eigenvalue weighted by atomic mass is 9.47. The number of carbonyl (C=O) groups is 3. The molecule has 0 radical (unpaired) electrons. The average molecular weight is 437 g/mol. The van der Waals surface area contributed by atoms with Gasteiger partial charge in [-0.2, -0.15) is 0 Å². The third-order valence-electron chi connectivity index (χ3n) is 7.77. The van der Waals surface area contributed by atoms with Crippen LogP contribution in [0.3, 0.4) is 0 Å². The van der Waals surface area contributed by atoms with Crippen LogP contribution in [0.15, 0.2) is 72.8 Å². The summed E-state index contributed by atoms with van der Waals surface area (Å²) in [4.78, 5) is 42.1.